The number of hydrogen-bond acceptors (Lipinski definition) is 2. The molecule has 14 heavy (non-hydrogen) atoms. The molecule has 1 atom stereocenters. The maximum Gasteiger partial charge on any atom is 1.00 e. The molecule has 0 saturated heterocycles. The Morgan fingerprint density at radius 3 is 2.43 bits per heavy atom. The van der Waals surface area contributed by atoms with Crippen LogP contribution in [0.4, 0.5) is 0 Å². The maximum absolute atomic E-state index is 11.6. The van der Waals surface area contributed by atoms with Gasteiger partial charge in [-0.15, -0.1) is 0 Å². The molecule has 0 aliphatic rings. The minimum atomic E-state index is -1.02. The zero-order valence-corrected chi connectivity index (χ0v) is 8.49. The van der Waals surface area contributed by atoms with Crippen molar-refractivity contribution in [1.82, 2.24) is 0 Å². The first-order valence-corrected chi connectivity index (χ1v) is 3.94. The first-order chi connectivity index (χ1) is 6.29. The van der Waals surface area contributed by atoms with Crippen LogP contribution in [0.25, 0.3) is 0 Å². The molecule has 1 rings (SSSR count). The first kappa shape index (κ1) is 13.1. The molecule has 0 heterocycles. The van der Waals surface area contributed by atoms with E-state index in [1.165, 1.54) is 7.11 Å². The van der Waals surface area contributed by atoms with Gasteiger partial charge in [0.15, 0.2) is 0 Å². The van der Waals surface area contributed by atoms with Gasteiger partial charge in [-0.1, -0.05) is 48.2 Å². The van der Waals surface area contributed by atoms with Crippen LogP contribution in [0.2, 0.25) is 0 Å². The van der Waals surface area contributed by atoms with Crippen molar-refractivity contribution in [1.29, 1.82) is 0 Å². The predicted molar refractivity (Wildman–Crippen MR) is 48.8 cm³/mol. The van der Waals surface area contributed by atoms with E-state index < -0.39 is 6.10 Å². The summed E-state index contributed by atoms with van der Waals surface area (Å²) in [6, 6.07) is 9.01. The zero-order valence-electron chi connectivity index (χ0n) is 8.49. The summed E-state index contributed by atoms with van der Waals surface area (Å²) in [6.07, 6.45) is -1.02. The van der Waals surface area contributed by atoms with Crippen molar-refractivity contribution in [2.45, 2.75) is 6.10 Å². The van der Waals surface area contributed by atoms with Crippen molar-refractivity contribution in [3.8, 4) is 0 Å². The van der Waals surface area contributed by atoms with Crippen LogP contribution in [0.1, 0.15) is 11.7 Å². The zero-order chi connectivity index (χ0) is 9.68. The fraction of sp³-hybridized carbons (Fsp3) is 0.182. The van der Waals surface area contributed by atoms with E-state index in [9.17, 15) is 5.11 Å². The molecule has 0 bridgehead atoms. The summed E-state index contributed by atoms with van der Waals surface area (Å²) in [5.41, 5.74) is 3.14. The van der Waals surface area contributed by atoms with E-state index in [0.717, 1.165) is 0 Å². The number of methoxy groups -OCH3 is 1. The van der Waals surface area contributed by atoms with E-state index in [2.05, 4.69) is 12.3 Å². The number of ether oxygens (including phenoxy) is 1. The number of hydrogen-bond donors (Lipinski definition) is 0. The van der Waals surface area contributed by atoms with Crippen LogP contribution in [0.3, 0.4) is 0 Å². The Labute approximate surface area is 96.1 Å². The minimum Gasteiger partial charge on any atom is -0.842 e. The van der Waals surface area contributed by atoms with E-state index in [-0.39, 0.29) is 24.6 Å². The smallest absolute Gasteiger partial charge is 0.842 e. The molecule has 0 N–H and O–H groups in total. The molecule has 3 heteroatoms. The van der Waals surface area contributed by atoms with Crippen LogP contribution >= 0.6 is 0 Å². The summed E-state index contributed by atoms with van der Waals surface area (Å²) < 4.78 is 4.85. The normalized spacial score (nSPS) is 10.7. The van der Waals surface area contributed by atoms with E-state index in [0.29, 0.717) is 5.56 Å². The van der Waals surface area contributed by atoms with Gasteiger partial charge in [0.2, 0.25) is 0 Å². The molecule has 0 spiro atoms. The molecule has 0 aromatic heterocycles. The topological polar surface area (TPSA) is 32.3 Å². The van der Waals surface area contributed by atoms with Gasteiger partial charge in [0, 0.05) is 0 Å². The molecule has 2 nitrogen and oxygen atoms in total. The number of rotatable bonds is 3. The average molecular weight is 182 g/mol. The van der Waals surface area contributed by atoms with E-state index in [1.54, 1.807) is 12.1 Å². The quantitative estimate of drug-likeness (QED) is 0.320. The van der Waals surface area contributed by atoms with E-state index in [1.807, 2.05) is 18.2 Å². The summed E-state index contributed by atoms with van der Waals surface area (Å²) in [5.74, 6) is 0.228. The largest absolute Gasteiger partial charge is 1.00 e. The monoisotopic (exact) mass is 182 g/mol. The molecule has 68 valence electrons. The molecule has 0 radical (unpaired) electrons. The second kappa shape index (κ2) is 6.54. The SMILES string of the molecule is C=C=C(OC)C([O-])c1ccccc1.[Li+]. The van der Waals surface area contributed by atoms with Crippen molar-refractivity contribution in [2.75, 3.05) is 7.11 Å². The third-order valence-corrected chi connectivity index (χ3v) is 1.73. The summed E-state index contributed by atoms with van der Waals surface area (Å²) in [4.78, 5) is 0. The minimum absolute atomic E-state index is 0. The molecular weight excluding hydrogens is 171 g/mol. The molecule has 0 fully saturated rings. The fourth-order valence-corrected chi connectivity index (χ4v) is 1.05. The Morgan fingerprint density at radius 2 is 2.00 bits per heavy atom. The van der Waals surface area contributed by atoms with E-state index >= 15 is 0 Å². The Kier molecular flexibility index (Phi) is 6.11. The van der Waals surface area contributed by atoms with Crippen LogP contribution in [-0.4, -0.2) is 7.11 Å². The summed E-state index contributed by atoms with van der Waals surface area (Å²) in [5, 5.41) is 11.6. The van der Waals surface area contributed by atoms with Crippen LogP contribution in [0, 0.1) is 0 Å². The third kappa shape index (κ3) is 3.10. The van der Waals surface area contributed by atoms with Crippen LogP contribution < -0.4 is 24.0 Å². The molecule has 0 saturated carbocycles. The van der Waals surface area contributed by atoms with Crippen molar-refractivity contribution in [3.63, 3.8) is 0 Å². The maximum atomic E-state index is 11.6. The summed E-state index contributed by atoms with van der Waals surface area (Å²) in [6.45, 7) is 3.39. The third-order valence-electron chi connectivity index (χ3n) is 1.73. The second-order valence-electron chi connectivity index (χ2n) is 2.54. The predicted octanol–water partition coefficient (Wildman–Crippen LogP) is -1.59. The van der Waals surface area contributed by atoms with Crippen LogP contribution in [0.5, 0.6) is 0 Å². The molecule has 0 aliphatic heterocycles. The average Bonchev–Trinajstić information content (AvgIpc) is 2.21. The van der Waals surface area contributed by atoms with Gasteiger partial charge in [-0.05, 0) is 6.10 Å². The van der Waals surface area contributed by atoms with Gasteiger partial charge in [-0.3, -0.25) is 0 Å². The van der Waals surface area contributed by atoms with Crippen LogP contribution in [-0.2, 0) is 4.74 Å². The molecular formula is C11H11LiO2. The van der Waals surface area contributed by atoms with Crippen molar-refractivity contribution in [3.05, 3.63) is 54.0 Å². The Bertz CT molecular complexity index is 315. The van der Waals surface area contributed by atoms with Gasteiger partial charge >= 0.3 is 18.9 Å². The Hall–Kier alpha value is -0.903. The Balaban J connectivity index is 0.00000169. The fourth-order valence-electron chi connectivity index (χ4n) is 1.05. The summed E-state index contributed by atoms with van der Waals surface area (Å²) >= 11 is 0. The van der Waals surface area contributed by atoms with Crippen molar-refractivity contribution in [2.24, 2.45) is 0 Å². The van der Waals surface area contributed by atoms with Crippen molar-refractivity contribution < 1.29 is 28.7 Å². The Morgan fingerprint density at radius 1 is 1.43 bits per heavy atom. The van der Waals surface area contributed by atoms with Gasteiger partial charge in [-0.2, -0.15) is 0 Å². The molecule has 0 amide bonds. The van der Waals surface area contributed by atoms with Gasteiger partial charge in [-0.25, -0.2) is 0 Å². The van der Waals surface area contributed by atoms with Gasteiger partial charge in [0.1, 0.15) is 5.76 Å². The second-order valence-corrected chi connectivity index (χ2v) is 2.54. The van der Waals surface area contributed by atoms with Gasteiger partial charge in [0.25, 0.3) is 0 Å². The van der Waals surface area contributed by atoms with Crippen molar-refractivity contribution >= 4 is 0 Å². The molecule has 0 aliphatic carbocycles. The molecule has 1 aromatic carbocycles. The molecule has 1 unspecified atom stereocenters. The van der Waals surface area contributed by atoms with Gasteiger partial charge in [0.05, 0.1) is 7.11 Å². The standard InChI is InChI=1S/C11H11O2.Li/c1-3-10(13-2)11(12)9-7-5-4-6-8-9;/h4-8,11H,1H2,2H3;/q-1;+1. The summed E-state index contributed by atoms with van der Waals surface area (Å²) in [7, 11) is 1.45. The first-order valence-electron chi connectivity index (χ1n) is 3.94. The van der Waals surface area contributed by atoms with Gasteiger partial charge < -0.3 is 9.84 Å². The van der Waals surface area contributed by atoms with Crippen LogP contribution in [0.15, 0.2) is 48.4 Å². The number of benzene rings is 1. The molecule has 1 aromatic rings. The van der Waals surface area contributed by atoms with E-state index in [4.69, 9.17) is 4.74 Å².